The minimum absolute atomic E-state index is 0.0282. The van der Waals surface area contributed by atoms with Crippen LogP contribution in [0.15, 0.2) is 18.2 Å². The van der Waals surface area contributed by atoms with Gasteiger partial charge in [-0.15, -0.1) is 0 Å². The average molecular weight is 264 g/mol. The normalized spacial score (nSPS) is 12.3. The van der Waals surface area contributed by atoms with E-state index in [2.05, 4.69) is 31.3 Å². The predicted octanol–water partition coefficient (Wildman–Crippen LogP) is 2.03. The molecular weight excluding hydrogens is 240 g/mol. The van der Waals surface area contributed by atoms with E-state index >= 15 is 0 Å². The maximum Gasteiger partial charge on any atom is 0.224 e. The molecule has 0 aromatic heterocycles. The lowest BCUT2D eigenvalue weighted by atomic mass is 10.00. The molecule has 0 spiro atoms. The summed E-state index contributed by atoms with van der Waals surface area (Å²) in [6, 6.07) is 6.08. The lowest BCUT2D eigenvalue weighted by Gasteiger charge is -2.15. The molecule has 0 bridgehead atoms. The zero-order valence-electron chi connectivity index (χ0n) is 12.2. The third-order valence-electron chi connectivity index (χ3n) is 3.23. The standard InChI is InChI=1S/C15H24N2O2/c1-10(2)12-5-6-14(19-4)13(7-12)9-17-15(18)11(3)8-16/h5-7,10-11H,8-9,16H2,1-4H3,(H,17,18). The molecule has 0 aliphatic rings. The quantitative estimate of drug-likeness (QED) is 0.826. The van der Waals surface area contributed by atoms with Gasteiger partial charge in [0.15, 0.2) is 0 Å². The van der Waals surface area contributed by atoms with Gasteiger partial charge < -0.3 is 15.8 Å². The highest BCUT2D eigenvalue weighted by Crippen LogP contribution is 2.24. The Labute approximate surface area is 115 Å². The molecule has 4 nitrogen and oxygen atoms in total. The van der Waals surface area contributed by atoms with Gasteiger partial charge in [0.05, 0.1) is 7.11 Å². The molecular formula is C15H24N2O2. The number of hydrogen-bond acceptors (Lipinski definition) is 3. The van der Waals surface area contributed by atoms with Crippen molar-refractivity contribution >= 4 is 5.91 Å². The second kappa shape index (κ2) is 7.14. The number of ether oxygens (including phenoxy) is 1. The smallest absolute Gasteiger partial charge is 0.224 e. The summed E-state index contributed by atoms with van der Waals surface area (Å²) >= 11 is 0. The Kier molecular flexibility index (Phi) is 5.83. The highest BCUT2D eigenvalue weighted by atomic mass is 16.5. The molecule has 1 atom stereocenters. The van der Waals surface area contributed by atoms with Gasteiger partial charge in [-0.25, -0.2) is 0 Å². The first kappa shape index (κ1) is 15.5. The highest BCUT2D eigenvalue weighted by Gasteiger charge is 2.12. The van der Waals surface area contributed by atoms with E-state index in [1.807, 2.05) is 13.0 Å². The molecule has 19 heavy (non-hydrogen) atoms. The van der Waals surface area contributed by atoms with Crippen LogP contribution in [-0.4, -0.2) is 19.6 Å². The van der Waals surface area contributed by atoms with Gasteiger partial charge in [-0.1, -0.05) is 32.9 Å². The Morgan fingerprint density at radius 1 is 1.37 bits per heavy atom. The Bertz CT molecular complexity index is 430. The van der Waals surface area contributed by atoms with E-state index in [4.69, 9.17) is 10.5 Å². The molecule has 106 valence electrons. The van der Waals surface area contributed by atoms with E-state index in [1.54, 1.807) is 7.11 Å². The molecule has 0 saturated carbocycles. The van der Waals surface area contributed by atoms with Gasteiger partial charge in [-0.3, -0.25) is 4.79 Å². The maximum atomic E-state index is 11.7. The van der Waals surface area contributed by atoms with E-state index in [1.165, 1.54) is 5.56 Å². The van der Waals surface area contributed by atoms with Crippen molar-refractivity contribution in [1.29, 1.82) is 0 Å². The van der Waals surface area contributed by atoms with Gasteiger partial charge in [0.2, 0.25) is 5.91 Å². The number of rotatable bonds is 6. The molecule has 0 fully saturated rings. The average Bonchev–Trinajstić information content (AvgIpc) is 2.43. The predicted molar refractivity (Wildman–Crippen MR) is 77.1 cm³/mol. The molecule has 1 amide bonds. The first-order chi connectivity index (χ1) is 8.99. The van der Waals surface area contributed by atoms with Gasteiger partial charge >= 0.3 is 0 Å². The van der Waals surface area contributed by atoms with Crippen molar-refractivity contribution in [2.45, 2.75) is 33.2 Å². The zero-order valence-corrected chi connectivity index (χ0v) is 12.2. The van der Waals surface area contributed by atoms with Crippen LogP contribution in [0.4, 0.5) is 0 Å². The van der Waals surface area contributed by atoms with E-state index in [0.717, 1.165) is 11.3 Å². The third-order valence-corrected chi connectivity index (χ3v) is 3.23. The van der Waals surface area contributed by atoms with Gasteiger partial charge in [0.1, 0.15) is 5.75 Å². The van der Waals surface area contributed by atoms with Crippen LogP contribution in [0.25, 0.3) is 0 Å². The fourth-order valence-electron chi connectivity index (χ4n) is 1.76. The number of carbonyl (C=O) groups is 1. The van der Waals surface area contributed by atoms with Crippen LogP contribution in [0, 0.1) is 5.92 Å². The largest absolute Gasteiger partial charge is 0.496 e. The lowest BCUT2D eigenvalue weighted by molar-refractivity contribution is -0.124. The summed E-state index contributed by atoms with van der Waals surface area (Å²) in [6.45, 7) is 6.92. The fourth-order valence-corrected chi connectivity index (χ4v) is 1.76. The number of amides is 1. The second-order valence-corrected chi connectivity index (χ2v) is 5.08. The van der Waals surface area contributed by atoms with Crippen molar-refractivity contribution in [1.82, 2.24) is 5.32 Å². The van der Waals surface area contributed by atoms with Gasteiger partial charge in [0, 0.05) is 24.6 Å². The van der Waals surface area contributed by atoms with Gasteiger partial charge in [0.25, 0.3) is 0 Å². The molecule has 3 N–H and O–H groups in total. The number of carbonyl (C=O) groups excluding carboxylic acids is 1. The SMILES string of the molecule is COc1ccc(C(C)C)cc1CNC(=O)C(C)CN. The van der Waals surface area contributed by atoms with Crippen LogP contribution >= 0.6 is 0 Å². The molecule has 0 aliphatic carbocycles. The van der Waals surface area contributed by atoms with Crippen LogP contribution in [0.3, 0.4) is 0 Å². The Morgan fingerprint density at radius 3 is 2.58 bits per heavy atom. The first-order valence-corrected chi connectivity index (χ1v) is 6.64. The van der Waals surface area contributed by atoms with Crippen LogP contribution in [0.2, 0.25) is 0 Å². The first-order valence-electron chi connectivity index (χ1n) is 6.64. The maximum absolute atomic E-state index is 11.7. The van der Waals surface area contributed by atoms with E-state index in [-0.39, 0.29) is 11.8 Å². The molecule has 1 unspecified atom stereocenters. The minimum atomic E-state index is -0.167. The molecule has 0 radical (unpaired) electrons. The third kappa shape index (κ3) is 4.24. The molecule has 1 aromatic carbocycles. The summed E-state index contributed by atoms with van der Waals surface area (Å²) in [5, 5.41) is 2.89. The topological polar surface area (TPSA) is 64.3 Å². The lowest BCUT2D eigenvalue weighted by Crippen LogP contribution is -2.32. The van der Waals surface area contributed by atoms with E-state index in [9.17, 15) is 4.79 Å². The molecule has 4 heteroatoms. The summed E-state index contributed by atoms with van der Waals surface area (Å²) in [7, 11) is 1.64. The molecule has 0 saturated heterocycles. The van der Waals surface area contributed by atoms with Crippen molar-refractivity contribution in [3.05, 3.63) is 29.3 Å². The number of methoxy groups -OCH3 is 1. The molecule has 1 rings (SSSR count). The highest BCUT2D eigenvalue weighted by molar-refractivity contribution is 5.78. The Morgan fingerprint density at radius 2 is 2.05 bits per heavy atom. The number of nitrogens with one attached hydrogen (secondary N) is 1. The van der Waals surface area contributed by atoms with Gasteiger partial charge in [-0.2, -0.15) is 0 Å². The van der Waals surface area contributed by atoms with E-state index in [0.29, 0.717) is 19.0 Å². The Balaban J connectivity index is 2.80. The summed E-state index contributed by atoms with van der Waals surface area (Å²) in [4.78, 5) is 11.7. The Hall–Kier alpha value is -1.55. The van der Waals surface area contributed by atoms with Crippen molar-refractivity contribution in [3.8, 4) is 5.75 Å². The van der Waals surface area contributed by atoms with Gasteiger partial charge in [-0.05, 0) is 17.5 Å². The van der Waals surface area contributed by atoms with Crippen molar-refractivity contribution in [3.63, 3.8) is 0 Å². The summed E-state index contributed by atoms with van der Waals surface area (Å²) in [5.74, 6) is 1.05. The molecule has 0 aliphatic heterocycles. The summed E-state index contributed by atoms with van der Waals surface area (Å²) in [5.41, 5.74) is 7.70. The molecule has 0 heterocycles. The van der Waals surface area contributed by atoms with Crippen LogP contribution in [0.1, 0.15) is 37.8 Å². The summed E-state index contributed by atoms with van der Waals surface area (Å²) < 4.78 is 5.32. The zero-order chi connectivity index (χ0) is 14.4. The number of nitrogens with two attached hydrogens (primary N) is 1. The molecule has 1 aromatic rings. The van der Waals surface area contributed by atoms with Crippen molar-refractivity contribution in [2.75, 3.05) is 13.7 Å². The minimum Gasteiger partial charge on any atom is -0.496 e. The van der Waals surface area contributed by atoms with Crippen molar-refractivity contribution in [2.24, 2.45) is 11.7 Å². The van der Waals surface area contributed by atoms with Crippen LogP contribution < -0.4 is 15.8 Å². The monoisotopic (exact) mass is 264 g/mol. The summed E-state index contributed by atoms with van der Waals surface area (Å²) in [6.07, 6.45) is 0. The number of hydrogen-bond donors (Lipinski definition) is 2. The van der Waals surface area contributed by atoms with Crippen LogP contribution in [0.5, 0.6) is 5.75 Å². The van der Waals surface area contributed by atoms with Crippen LogP contribution in [-0.2, 0) is 11.3 Å². The van der Waals surface area contributed by atoms with Crippen molar-refractivity contribution < 1.29 is 9.53 Å². The fraction of sp³-hybridized carbons (Fsp3) is 0.533. The number of benzene rings is 1. The van der Waals surface area contributed by atoms with E-state index < -0.39 is 0 Å². The second-order valence-electron chi connectivity index (χ2n) is 5.08.